The van der Waals surface area contributed by atoms with Crippen LogP contribution in [-0.2, 0) is 0 Å². The number of thiophene rings is 1. The standard InChI is InChI=1S/C15H18N2OS/c1-3-8-17(14-7-5-4-6-13(14)16)15(18)12-10-19-9-11(12)2/h4-7,9-10H,3,8,16H2,1-2H3. The van der Waals surface area contributed by atoms with Crippen molar-refractivity contribution < 1.29 is 4.79 Å². The maximum atomic E-state index is 12.6. The molecule has 1 aromatic carbocycles. The van der Waals surface area contributed by atoms with Crippen molar-refractivity contribution >= 4 is 28.6 Å². The molecule has 3 nitrogen and oxygen atoms in total. The Morgan fingerprint density at radius 3 is 2.63 bits per heavy atom. The van der Waals surface area contributed by atoms with Crippen LogP contribution in [0, 0.1) is 6.92 Å². The Morgan fingerprint density at radius 1 is 1.32 bits per heavy atom. The number of amides is 1. The van der Waals surface area contributed by atoms with Crippen molar-refractivity contribution in [2.75, 3.05) is 17.2 Å². The highest BCUT2D eigenvalue weighted by Crippen LogP contribution is 2.26. The average Bonchev–Trinajstić information content (AvgIpc) is 2.82. The van der Waals surface area contributed by atoms with E-state index in [1.54, 1.807) is 16.2 Å². The van der Waals surface area contributed by atoms with Crippen molar-refractivity contribution in [2.45, 2.75) is 20.3 Å². The second kappa shape index (κ2) is 5.89. The van der Waals surface area contributed by atoms with Gasteiger partial charge in [0.05, 0.1) is 16.9 Å². The lowest BCUT2D eigenvalue weighted by molar-refractivity contribution is 0.0987. The van der Waals surface area contributed by atoms with Gasteiger partial charge in [-0.1, -0.05) is 19.1 Å². The van der Waals surface area contributed by atoms with Crippen LogP contribution in [0.3, 0.4) is 0 Å². The number of rotatable bonds is 4. The van der Waals surface area contributed by atoms with Gasteiger partial charge in [0.1, 0.15) is 0 Å². The van der Waals surface area contributed by atoms with Gasteiger partial charge in [0.2, 0.25) is 0 Å². The highest BCUT2D eigenvalue weighted by molar-refractivity contribution is 7.08. The Balaban J connectivity index is 2.39. The van der Waals surface area contributed by atoms with Crippen molar-refractivity contribution in [3.05, 3.63) is 46.2 Å². The Hall–Kier alpha value is -1.81. The third-order valence-corrected chi connectivity index (χ3v) is 3.87. The summed E-state index contributed by atoms with van der Waals surface area (Å²) < 4.78 is 0. The summed E-state index contributed by atoms with van der Waals surface area (Å²) in [5, 5.41) is 3.89. The number of para-hydroxylation sites is 2. The summed E-state index contributed by atoms with van der Waals surface area (Å²) in [6, 6.07) is 7.50. The van der Waals surface area contributed by atoms with Gasteiger partial charge in [0.25, 0.3) is 5.91 Å². The molecule has 0 saturated heterocycles. The molecular weight excluding hydrogens is 256 g/mol. The Morgan fingerprint density at radius 2 is 2.05 bits per heavy atom. The van der Waals surface area contributed by atoms with E-state index >= 15 is 0 Å². The van der Waals surface area contributed by atoms with E-state index in [1.807, 2.05) is 41.9 Å². The molecule has 100 valence electrons. The van der Waals surface area contributed by atoms with Gasteiger partial charge in [-0.2, -0.15) is 11.3 Å². The third kappa shape index (κ3) is 2.79. The molecule has 0 fully saturated rings. The summed E-state index contributed by atoms with van der Waals surface area (Å²) in [4.78, 5) is 14.4. The first kappa shape index (κ1) is 13.6. The number of anilines is 2. The van der Waals surface area contributed by atoms with E-state index < -0.39 is 0 Å². The molecule has 0 bridgehead atoms. The molecule has 0 atom stereocenters. The molecule has 2 N–H and O–H groups in total. The van der Waals surface area contributed by atoms with Gasteiger partial charge in [-0.05, 0) is 36.4 Å². The molecule has 0 aliphatic heterocycles. The molecular formula is C15H18N2OS. The lowest BCUT2D eigenvalue weighted by Crippen LogP contribution is -2.32. The Labute approximate surface area is 117 Å². The normalized spacial score (nSPS) is 10.4. The van der Waals surface area contributed by atoms with Gasteiger partial charge in [0.15, 0.2) is 0 Å². The molecule has 0 spiro atoms. The first-order chi connectivity index (χ1) is 9.15. The summed E-state index contributed by atoms with van der Waals surface area (Å²) in [6.45, 7) is 4.68. The predicted octanol–water partition coefficient (Wildman–Crippen LogP) is 3.70. The van der Waals surface area contributed by atoms with E-state index in [2.05, 4.69) is 6.92 Å². The molecule has 0 saturated carbocycles. The lowest BCUT2D eigenvalue weighted by atomic mass is 10.1. The van der Waals surface area contributed by atoms with E-state index in [1.165, 1.54) is 0 Å². The monoisotopic (exact) mass is 274 g/mol. The van der Waals surface area contributed by atoms with Crippen molar-refractivity contribution in [3.63, 3.8) is 0 Å². The molecule has 1 amide bonds. The number of benzene rings is 1. The molecule has 2 aromatic rings. The average molecular weight is 274 g/mol. The maximum Gasteiger partial charge on any atom is 0.259 e. The van der Waals surface area contributed by atoms with E-state index in [4.69, 9.17) is 5.73 Å². The van der Waals surface area contributed by atoms with Gasteiger partial charge in [0, 0.05) is 11.9 Å². The zero-order valence-corrected chi connectivity index (χ0v) is 12.0. The molecule has 0 radical (unpaired) electrons. The van der Waals surface area contributed by atoms with Crippen LogP contribution in [0.15, 0.2) is 35.0 Å². The van der Waals surface area contributed by atoms with Crippen molar-refractivity contribution in [1.29, 1.82) is 0 Å². The molecule has 1 aromatic heterocycles. The number of carbonyl (C=O) groups is 1. The number of hydrogen-bond acceptors (Lipinski definition) is 3. The van der Waals surface area contributed by atoms with E-state index in [9.17, 15) is 4.79 Å². The van der Waals surface area contributed by atoms with Crippen LogP contribution in [0.4, 0.5) is 11.4 Å². The van der Waals surface area contributed by atoms with Crippen LogP contribution in [-0.4, -0.2) is 12.5 Å². The minimum atomic E-state index is 0.0264. The number of nitrogens with zero attached hydrogens (tertiary/aromatic N) is 1. The predicted molar refractivity (Wildman–Crippen MR) is 81.9 cm³/mol. The zero-order valence-electron chi connectivity index (χ0n) is 11.2. The van der Waals surface area contributed by atoms with Crippen LogP contribution in [0.5, 0.6) is 0 Å². The van der Waals surface area contributed by atoms with E-state index in [0.29, 0.717) is 12.2 Å². The number of aryl methyl sites for hydroxylation is 1. The van der Waals surface area contributed by atoms with E-state index in [-0.39, 0.29) is 5.91 Å². The van der Waals surface area contributed by atoms with Crippen LogP contribution in [0.1, 0.15) is 29.3 Å². The zero-order chi connectivity index (χ0) is 13.8. The number of carbonyl (C=O) groups excluding carboxylic acids is 1. The molecule has 19 heavy (non-hydrogen) atoms. The number of nitrogen functional groups attached to an aromatic ring is 1. The van der Waals surface area contributed by atoms with Crippen LogP contribution < -0.4 is 10.6 Å². The van der Waals surface area contributed by atoms with Gasteiger partial charge < -0.3 is 10.6 Å². The summed E-state index contributed by atoms with van der Waals surface area (Å²) in [7, 11) is 0. The highest BCUT2D eigenvalue weighted by Gasteiger charge is 2.20. The van der Waals surface area contributed by atoms with Crippen molar-refractivity contribution in [1.82, 2.24) is 0 Å². The molecule has 0 unspecified atom stereocenters. The Bertz CT molecular complexity index is 577. The second-order valence-corrected chi connectivity index (χ2v) is 5.23. The number of nitrogens with two attached hydrogens (primary N) is 1. The summed E-state index contributed by atoms with van der Waals surface area (Å²) >= 11 is 1.55. The second-order valence-electron chi connectivity index (χ2n) is 4.48. The van der Waals surface area contributed by atoms with Gasteiger partial charge in [-0.3, -0.25) is 4.79 Å². The van der Waals surface area contributed by atoms with E-state index in [0.717, 1.165) is 23.2 Å². The third-order valence-electron chi connectivity index (χ3n) is 3.01. The summed E-state index contributed by atoms with van der Waals surface area (Å²) in [5.41, 5.74) is 9.20. The SMILES string of the molecule is CCCN(C(=O)c1cscc1C)c1ccccc1N. The lowest BCUT2D eigenvalue weighted by Gasteiger charge is -2.23. The summed E-state index contributed by atoms with van der Waals surface area (Å²) in [5.74, 6) is 0.0264. The minimum absolute atomic E-state index is 0.0264. The quantitative estimate of drug-likeness (QED) is 0.864. The maximum absolute atomic E-state index is 12.6. The molecule has 2 rings (SSSR count). The fourth-order valence-electron chi connectivity index (χ4n) is 2.01. The van der Waals surface area contributed by atoms with Crippen LogP contribution >= 0.6 is 11.3 Å². The minimum Gasteiger partial charge on any atom is -0.397 e. The van der Waals surface area contributed by atoms with Gasteiger partial charge >= 0.3 is 0 Å². The topological polar surface area (TPSA) is 46.3 Å². The molecule has 0 aliphatic rings. The van der Waals surface area contributed by atoms with Crippen molar-refractivity contribution in [2.24, 2.45) is 0 Å². The van der Waals surface area contributed by atoms with Crippen LogP contribution in [0.2, 0.25) is 0 Å². The molecule has 1 heterocycles. The van der Waals surface area contributed by atoms with Gasteiger partial charge in [-0.15, -0.1) is 0 Å². The Kier molecular flexibility index (Phi) is 4.22. The largest absolute Gasteiger partial charge is 0.397 e. The summed E-state index contributed by atoms with van der Waals surface area (Å²) in [6.07, 6.45) is 0.892. The molecule has 0 aliphatic carbocycles. The van der Waals surface area contributed by atoms with Crippen molar-refractivity contribution in [3.8, 4) is 0 Å². The first-order valence-corrected chi connectivity index (χ1v) is 7.28. The van der Waals surface area contributed by atoms with Crippen LogP contribution in [0.25, 0.3) is 0 Å². The number of hydrogen-bond donors (Lipinski definition) is 1. The smallest absolute Gasteiger partial charge is 0.259 e. The highest BCUT2D eigenvalue weighted by atomic mass is 32.1. The fourth-order valence-corrected chi connectivity index (χ4v) is 2.84. The van der Waals surface area contributed by atoms with Gasteiger partial charge in [-0.25, -0.2) is 0 Å². The first-order valence-electron chi connectivity index (χ1n) is 6.34. The fraction of sp³-hybridized carbons (Fsp3) is 0.267. The molecule has 4 heteroatoms.